The molecule has 0 radical (unpaired) electrons. The SMILES string of the molecule is c1ccc(-c2cc(-c3ccccc3)cc(-c3cnc(-n4c5ccccc5c5c6ccccc6c6c7ccccc7sc6c54)nc3)c2)cc1. The number of rotatable bonds is 4. The zero-order valence-corrected chi connectivity index (χ0v) is 26.7. The smallest absolute Gasteiger partial charge is 0.234 e. The van der Waals surface area contributed by atoms with Crippen LogP contribution in [0.2, 0.25) is 0 Å². The largest absolute Gasteiger partial charge is 0.276 e. The van der Waals surface area contributed by atoms with E-state index in [2.05, 4.69) is 156 Å². The van der Waals surface area contributed by atoms with Crippen LogP contribution in [0, 0.1) is 0 Å². The van der Waals surface area contributed by atoms with E-state index in [9.17, 15) is 0 Å². The Labute approximate surface area is 281 Å². The Morgan fingerprint density at radius 3 is 1.56 bits per heavy atom. The van der Waals surface area contributed by atoms with E-state index in [1.54, 1.807) is 0 Å². The van der Waals surface area contributed by atoms with Crippen LogP contribution >= 0.6 is 11.3 Å². The summed E-state index contributed by atoms with van der Waals surface area (Å²) in [6.45, 7) is 0. The Balaban J connectivity index is 1.21. The number of nitrogens with zero attached hydrogens (tertiary/aromatic N) is 3. The zero-order valence-electron chi connectivity index (χ0n) is 25.8. The second-order valence-electron chi connectivity index (χ2n) is 12.2. The minimum absolute atomic E-state index is 0.668. The summed E-state index contributed by atoms with van der Waals surface area (Å²) in [4.78, 5) is 10.2. The molecule has 0 aliphatic carbocycles. The van der Waals surface area contributed by atoms with Crippen molar-refractivity contribution < 1.29 is 0 Å². The summed E-state index contributed by atoms with van der Waals surface area (Å²) < 4.78 is 4.82. The minimum atomic E-state index is 0.668. The average Bonchev–Trinajstić information content (AvgIpc) is 3.73. The van der Waals surface area contributed by atoms with Crippen molar-refractivity contribution in [1.82, 2.24) is 14.5 Å². The second-order valence-corrected chi connectivity index (χ2v) is 13.3. The van der Waals surface area contributed by atoms with Gasteiger partial charge in [-0.05, 0) is 68.9 Å². The molecule has 0 unspecified atom stereocenters. The maximum atomic E-state index is 5.10. The van der Waals surface area contributed by atoms with Crippen LogP contribution in [0.25, 0.3) is 92.1 Å². The van der Waals surface area contributed by atoms with E-state index in [4.69, 9.17) is 9.97 Å². The van der Waals surface area contributed by atoms with Crippen LogP contribution in [-0.2, 0) is 0 Å². The second kappa shape index (κ2) is 10.7. The van der Waals surface area contributed by atoms with Gasteiger partial charge in [0.05, 0.1) is 15.7 Å². The maximum Gasteiger partial charge on any atom is 0.234 e. The predicted octanol–water partition coefficient (Wildman–Crippen LogP) is 12.1. The first-order valence-corrected chi connectivity index (χ1v) is 17.0. The van der Waals surface area contributed by atoms with Gasteiger partial charge in [-0.25, -0.2) is 9.97 Å². The van der Waals surface area contributed by atoms with Crippen LogP contribution in [0.5, 0.6) is 0 Å². The Morgan fingerprint density at radius 1 is 0.417 bits per heavy atom. The van der Waals surface area contributed by atoms with Gasteiger partial charge in [-0.2, -0.15) is 0 Å². The lowest BCUT2D eigenvalue weighted by molar-refractivity contribution is 0.993. The first-order chi connectivity index (χ1) is 23.8. The third kappa shape index (κ3) is 4.13. The number of thiophene rings is 1. The molecule has 0 atom stereocenters. The molecule has 0 spiro atoms. The van der Waals surface area contributed by atoms with E-state index in [0.29, 0.717) is 5.95 Å². The van der Waals surface area contributed by atoms with Gasteiger partial charge in [0.25, 0.3) is 0 Å². The lowest BCUT2D eigenvalue weighted by Crippen LogP contribution is -2.01. The third-order valence-electron chi connectivity index (χ3n) is 9.47. The maximum absolute atomic E-state index is 5.10. The minimum Gasteiger partial charge on any atom is -0.276 e. The van der Waals surface area contributed by atoms with Crippen LogP contribution in [-0.4, -0.2) is 14.5 Å². The number of benzene rings is 7. The van der Waals surface area contributed by atoms with Gasteiger partial charge in [-0.3, -0.25) is 4.57 Å². The Kier molecular flexibility index (Phi) is 6.05. The van der Waals surface area contributed by atoms with Crippen molar-refractivity contribution in [1.29, 1.82) is 0 Å². The number of aromatic nitrogens is 3. The predicted molar refractivity (Wildman–Crippen MR) is 203 cm³/mol. The molecule has 0 N–H and O–H groups in total. The molecule has 224 valence electrons. The summed E-state index contributed by atoms with van der Waals surface area (Å²) in [5.74, 6) is 0.668. The van der Waals surface area contributed by atoms with Crippen LogP contribution in [0.3, 0.4) is 0 Å². The summed E-state index contributed by atoms with van der Waals surface area (Å²) in [6, 6.07) is 54.1. The fourth-order valence-corrected chi connectivity index (χ4v) is 8.57. The van der Waals surface area contributed by atoms with Gasteiger partial charge in [0.15, 0.2) is 0 Å². The van der Waals surface area contributed by atoms with Gasteiger partial charge in [-0.15, -0.1) is 11.3 Å². The number of hydrogen-bond donors (Lipinski definition) is 0. The standard InChI is InChI=1S/C44H27N3S/c1-3-13-28(14-4-1)30-23-31(29-15-5-2-6-16-29)25-32(24-30)33-26-45-44(46-27-33)47-38-21-11-9-19-36(38)40-34-17-7-8-18-35(34)41-37-20-10-12-22-39(37)48-43(41)42(40)47/h1-27H. The van der Waals surface area contributed by atoms with Crippen molar-refractivity contribution in [2.75, 3.05) is 0 Å². The van der Waals surface area contributed by atoms with Crippen molar-refractivity contribution in [2.24, 2.45) is 0 Å². The Hall–Kier alpha value is -6.10. The lowest BCUT2D eigenvalue weighted by atomic mass is 9.94. The summed E-state index contributed by atoms with van der Waals surface area (Å²) >= 11 is 1.85. The lowest BCUT2D eigenvalue weighted by Gasteiger charge is -2.12. The van der Waals surface area contributed by atoms with E-state index in [-0.39, 0.29) is 0 Å². The van der Waals surface area contributed by atoms with Crippen LogP contribution < -0.4 is 0 Å². The molecular weight excluding hydrogens is 603 g/mol. The number of hydrogen-bond acceptors (Lipinski definition) is 3. The van der Waals surface area contributed by atoms with E-state index < -0.39 is 0 Å². The van der Waals surface area contributed by atoms with Crippen molar-refractivity contribution in [3.63, 3.8) is 0 Å². The van der Waals surface area contributed by atoms with Crippen molar-refractivity contribution >= 4 is 64.1 Å². The topological polar surface area (TPSA) is 30.7 Å². The third-order valence-corrected chi connectivity index (χ3v) is 10.6. The molecule has 0 amide bonds. The van der Waals surface area contributed by atoms with Gasteiger partial charge in [0, 0.05) is 44.2 Å². The molecule has 7 aromatic carbocycles. The molecule has 0 saturated heterocycles. The molecule has 0 bridgehead atoms. The monoisotopic (exact) mass is 629 g/mol. The van der Waals surface area contributed by atoms with Crippen molar-refractivity contribution in [2.45, 2.75) is 0 Å². The van der Waals surface area contributed by atoms with Gasteiger partial charge in [0.1, 0.15) is 0 Å². The Morgan fingerprint density at radius 2 is 0.917 bits per heavy atom. The summed E-state index contributed by atoms with van der Waals surface area (Å²) in [5, 5.41) is 7.57. The quantitative estimate of drug-likeness (QED) is 0.194. The molecule has 0 aliphatic rings. The molecule has 10 rings (SSSR count). The highest BCUT2D eigenvalue weighted by atomic mass is 32.1. The van der Waals surface area contributed by atoms with Crippen LogP contribution in [0.1, 0.15) is 0 Å². The van der Waals surface area contributed by atoms with E-state index in [0.717, 1.165) is 33.3 Å². The van der Waals surface area contributed by atoms with E-state index in [1.165, 1.54) is 52.8 Å². The van der Waals surface area contributed by atoms with Gasteiger partial charge in [0.2, 0.25) is 5.95 Å². The van der Waals surface area contributed by atoms with Gasteiger partial charge < -0.3 is 0 Å². The van der Waals surface area contributed by atoms with Crippen molar-refractivity contribution in [3.05, 3.63) is 164 Å². The molecule has 0 aliphatic heterocycles. The molecular formula is C44H27N3S. The van der Waals surface area contributed by atoms with Crippen molar-refractivity contribution in [3.8, 4) is 39.3 Å². The number of para-hydroxylation sites is 1. The molecule has 48 heavy (non-hydrogen) atoms. The first kappa shape index (κ1) is 27.1. The highest BCUT2D eigenvalue weighted by Gasteiger charge is 2.22. The molecule has 0 saturated carbocycles. The first-order valence-electron chi connectivity index (χ1n) is 16.2. The van der Waals surface area contributed by atoms with Gasteiger partial charge >= 0.3 is 0 Å². The number of fused-ring (bicyclic) bond motifs is 10. The summed E-state index contributed by atoms with van der Waals surface area (Å²) in [7, 11) is 0. The molecule has 4 heteroatoms. The molecule has 10 aromatic rings. The van der Waals surface area contributed by atoms with Crippen LogP contribution in [0.15, 0.2) is 164 Å². The normalized spacial score (nSPS) is 11.8. The summed E-state index contributed by atoms with van der Waals surface area (Å²) in [6.07, 6.45) is 3.95. The fourth-order valence-electron chi connectivity index (χ4n) is 7.31. The average molecular weight is 630 g/mol. The Bertz CT molecular complexity index is 2760. The molecule has 0 fully saturated rings. The van der Waals surface area contributed by atoms with E-state index in [1.807, 2.05) is 23.7 Å². The van der Waals surface area contributed by atoms with Gasteiger partial charge in [-0.1, -0.05) is 121 Å². The molecule has 3 nitrogen and oxygen atoms in total. The molecule has 3 aromatic heterocycles. The van der Waals surface area contributed by atoms with E-state index >= 15 is 0 Å². The zero-order chi connectivity index (χ0) is 31.6. The summed E-state index contributed by atoms with van der Waals surface area (Å²) in [5.41, 5.74) is 9.02. The fraction of sp³-hybridized carbons (Fsp3) is 0. The highest BCUT2D eigenvalue weighted by Crippen LogP contribution is 2.47. The van der Waals surface area contributed by atoms with Crippen LogP contribution in [0.4, 0.5) is 0 Å². The highest BCUT2D eigenvalue weighted by molar-refractivity contribution is 7.27. The molecule has 3 heterocycles.